The van der Waals surface area contributed by atoms with E-state index in [0.29, 0.717) is 11.4 Å². The van der Waals surface area contributed by atoms with E-state index in [1.54, 1.807) is 6.20 Å². The van der Waals surface area contributed by atoms with E-state index >= 15 is 0 Å². The van der Waals surface area contributed by atoms with Gasteiger partial charge in [-0.15, -0.1) is 0 Å². The predicted molar refractivity (Wildman–Crippen MR) is 124 cm³/mol. The topological polar surface area (TPSA) is 67.8 Å². The van der Waals surface area contributed by atoms with Gasteiger partial charge in [0.15, 0.2) is 0 Å². The number of rotatable bonds is 2. The number of carbonyl (C=O) groups is 1. The van der Waals surface area contributed by atoms with E-state index < -0.39 is 0 Å². The lowest BCUT2D eigenvalue weighted by Crippen LogP contribution is -2.14. The average molecular weight is 400 g/mol. The number of para-hydroxylation sites is 2. The first-order valence-corrected chi connectivity index (χ1v) is 10.0. The van der Waals surface area contributed by atoms with Gasteiger partial charge in [0.05, 0.1) is 27.6 Å². The molecule has 0 aliphatic carbocycles. The van der Waals surface area contributed by atoms with Crippen molar-refractivity contribution in [2.45, 2.75) is 0 Å². The summed E-state index contributed by atoms with van der Waals surface area (Å²) in [5.74, 6) is 0.274. The van der Waals surface area contributed by atoms with Crippen LogP contribution in [0.4, 0.5) is 5.82 Å². The minimum absolute atomic E-state index is 0.213. The van der Waals surface area contributed by atoms with Crippen molar-refractivity contribution < 1.29 is 4.79 Å². The van der Waals surface area contributed by atoms with E-state index in [1.165, 1.54) is 0 Å². The summed E-state index contributed by atoms with van der Waals surface area (Å²) in [4.78, 5) is 27.4. The molecule has 5 nitrogen and oxygen atoms in total. The van der Waals surface area contributed by atoms with Crippen molar-refractivity contribution in [2.75, 3.05) is 5.32 Å². The number of hydrogen-bond donors (Lipinski definition) is 1. The van der Waals surface area contributed by atoms with Crippen LogP contribution in [0.3, 0.4) is 0 Å². The molecule has 0 saturated heterocycles. The van der Waals surface area contributed by atoms with Crippen LogP contribution in [0.2, 0.25) is 0 Å². The standard InChI is InChI=1S/C26H16N4O/c31-26(23-18-7-1-3-9-20(18)28-21-10-4-2-8-19(21)23)30-22-14-13-17-12-11-16-6-5-15-27-24(16)25(17)29-22/h1-15H,(H,29,30,31). The Hall–Kier alpha value is -4.38. The second kappa shape index (κ2) is 6.85. The highest BCUT2D eigenvalue weighted by atomic mass is 16.1. The number of nitrogens with one attached hydrogen (secondary N) is 1. The highest BCUT2D eigenvalue weighted by molar-refractivity contribution is 6.20. The van der Waals surface area contributed by atoms with Crippen LogP contribution in [0.15, 0.2) is 91.1 Å². The SMILES string of the molecule is O=C(Nc1ccc2ccc3cccnc3c2n1)c1c2ccccc2nc2ccccc12. The lowest BCUT2D eigenvalue weighted by atomic mass is 10.0. The van der Waals surface area contributed by atoms with Gasteiger partial charge >= 0.3 is 0 Å². The molecule has 0 fully saturated rings. The number of nitrogens with zero attached hydrogens (tertiary/aromatic N) is 3. The molecule has 0 spiro atoms. The molecule has 6 rings (SSSR count). The number of fused-ring (bicyclic) bond motifs is 5. The fourth-order valence-electron chi connectivity index (χ4n) is 4.06. The van der Waals surface area contributed by atoms with Gasteiger partial charge in [-0.2, -0.15) is 0 Å². The van der Waals surface area contributed by atoms with Crippen LogP contribution in [0.25, 0.3) is 43.6 Å². The minimum Gasteiger partial charge on any atom is -0.307 e. The first-order chi connectivity index (χ1) is 15.3. The normalized spacial score (nSPS) is 11.4. The van der Waals surface area contributed by atoms with Crippen molar-refractivity contribution in [3.8, 4) is 0 Å². The van der Waals surface area contributed by atoms with Gasteiger partial charge in [0.25, 0.3) is 5.91 Å². The maximum Gasteiger partial charge on any atom is 0.258 e. The molecule has 3 aromatic carbocycles. The molecule has 31 heavy (non-hydrogen) atoms. The van der Waals surface area contributed by atoms with E-state index in [2.05, 4.69) is 10.3 Å². The number of benzene rings is 3. The van der Waals surface area contributed by atoms with Crippen molar-refractivity contribution >= 4 is 55.3 Å². The molecule has 3 heterocycles. The van der Waals surface area contributed by atoms with Crippen molar-refractivity contribution in [2.24, 2.45) is 0 Å². The summed E-state index contributed by atoms with van der Waals surface area (Å²) < 4.78 is 0. The summed E-state index contributed by atoms with van der Waals surface area (Å²) >= 11 is 0. The van der Waals surface area contributed by atoms with Crippen LogP contribution >= 0.6 is 0 Å². The van der Waals surface area contributed by atoms with Gasteiger partial charge in [-0.25, -0.2) is 9.97 Å². The fourth-order valence-corrected chi connectivity index (χ4v) is 4.06. The molecule has 146 valence electrons. The summed E-state index contributed by atoms with van der Waals surface area (Å²) in [5, 5.41) is 6.60. The molecular weight excluding hydrogens is 384 g/mol. The molecule has 0 radical (unpaired) electrons. The molecule has 5 heteroatoms. The molecule has 0 aliphatic rings. The molecular formula is C26H16N4O. The number of hydrogen-bond acceptors (Lipinski definition) is 4. The largest absolute Gasteiger partial charge is 0.307 e. The lowest BCUT2D eigenvalue weighted by molar-refractivity contribution is 0.102. The van der Waals surface area contributed by atoms with Crippen molar-refractivity contribution in [1.29, 1.82) is 0 Å². The van der Waals surface area contributed by atoms with Gasteiger partial charge in [0.2, 0.25) is 0 Å². The molecule has 1 N–H and O–H groups in total. The number of aromatic nitrogens is 3. The molecule has 0 saturated carbocycles. The van der Waals surface area contributed by atoms with E-state index in [-0.39, 0.29) is 5.91 Å². The smallest absolute Gasteiger partial charge is 0.258 e. The average Bonchev–Trinajstić information content (AvgIpc) is 2.82. The molecule has 3 aromatic heterocycles. The van der Waals surface area contributed by atoms with Crippen LogP contribution in [-0.4, -0.2) is 20.9 Å². The van der Waals surface area contributed by atoms with Crippen LogP contribution in [-0.2, 0) is 0 Å². The van der Waals surface area contributed by atoms with E-state index in [4.69, 9.17) is 9.97 Å². The summed E-state index contributed by atoms with van der Waals surface area (Å²) in [7, 11) is 0. The molecule has 0 unspecified atom stereocenters. The van der Waals surface area contributed by atoms with Gasteiger partial charge in [-0.05, 0) is 30.3 Å². The summed E-state index contributed by atoms with van der Waals surface area (Å²) in [6.07, 6.45) is 1.75. The third-order valence-electron chi connectivity index (χ3n) is 5.49. The van der Waals surface area contributed by atoms with E-state index in [9.17, 15) is 4.79 Å². The van der Waals surface area contributed by atoms with Crippen molar-refractivity contribution in [1.82, 2.24) is 15.0 Å². The van der Waals surface area contributed by atoms with Gasteiger partial charge in [-0.3, -0.25) is 9.78 Å². The monoisotopic (exact) mass is 400 g/mol. The molecule has 0 aliphatic heterocycles. The third-order valence-corrected chi connectivity index (χ3v) is 5.49. The lowest BCUT2D eigenvalue weighted by Gasteiger charge is -2.11. The maximum absolute atomic E-state index is 13.4. The Morgan fingerprint density at radius 3 is 2.03 bits per heavy atom. The van der Waals surface area contributed by atoms with Crippen LogP contribution in [0, 0.1) is 0 Å². The molecule has 0 atom stereocenters. The first-order valence-electron chi connectivity index (χ1n) is 10.0. The quantitative estimate of drug-likeness (QED) is 0.297. The number of carbonyl (C=O) groups excluding carboxylic acids is 1. The second-order valence-electron chi connectivity index (χ2n) is 7.38. The highest BCUT2D eigenvalue weighted by Gasteiger charge is 2.17. The zero-order valence-electron chi connectivity index (χ0n) is 16.4. The number of amides is 1. The fraction of sp³-hybridized carbons (Fsp3) is 0. The Balaban J connectivity index is 1.50. The first kappa shape index (κ1) is 17.5. The molecule has 1 amide bonds. The molecule has 6 aromatic rings. The number of anilines is 1. The van der Waals surface area contributed by atoms with Gasteiger partial charge in [-0.1, -0.05) is 54.6 Å². The van der Waals surface area contributed by atoms with Crippen LogP contribution < -0.4 is 5.32 Å². The zero-order valence-corrected chi connectivity index (χ0v) is 16.4. The van der Waals surface area contributed by atoms with Gasteiger partial charge in [0, 0.05) is 27.7 Å². The summed E-state index contributed by atoms with van der Waals surface area (Å²) in [5.41, 5.74) is 3.75. The van der Waals surface area contributed by atoms with Crippen molar-refractivity contribution in [3.63, 3.8) is 0 Å². The third kappa shape index (κ3) is 2.87. The maximum atomic E-state index is 13.4. The van der Waals surface area contributed by atoms with Crippen molar-refractivity contribution in [3.05, 3.63) is 96.7 Å². The summed E-state index contributed by atoms with van der Waals surface area (Å²) in [6, 6.07) is 27.1. The van der Waals surface area contributed by atoms with E-state index in [0.717, 1.165) is 43.6 Å². The van der Waals surface area contributed by atoms with Gasteiger partial charge in [0.1, 0.15) is 5.82 Å². The second-order valence-corrected chi connectivity index (χ2v) is 7.38. The van der Waals surface area contributed by atoms with Crippen LogP contribution in [0.5, 0.6) is 0 Å². The summed E-state index contributed by atoms with van der Waals surface area (Å²) in [6.45, 7) is 0. The Kier molecular flexibility index (Phi) is 3.86. The Bertz CT molecular complexity index is 1590. The Morgan fingerprint density at radius 1 is 0.645 bits per heavy atom. The Morgan fingerprint density at radius 2 is 1.29 bits per heavy atom. The zero-order chi connectivity index (χ0) is 20.8. The highest BCUT2D eigenvalue weighted by Crippen LogP contribution is 2.28. The predicted octanol–water partition coefficient (Wildman–Crippen LogP) is 5.74. The molecule has 0 bridgehead atoms. The van der Waals surface area contributed by atoms with Crippen LogP contribution in [0.1, 0.15) is 10.4 Å². The number of pyridine rings is 3. The Labute approximate surface area is 177 Å². The minimum atomic E-state index is -0.213. The van der Waals surface area contributed by atoms with E-state index in [1.807, 2.05) is 84.9 Å². The van der Waals surface area contributed by atoms with Gasteiger partial charge < -0.3 is 5.32 Å².